The topological polar surface area (TPSA) is 25.4 Å². The number of rotatable bonds is 3. The Morgan fingerprint density at radius 3 is 2.92 bits per heavy atom. The van der Waals surface area contributed by atoms with Gasteiger partial charge in [0.2, 0.25) is 0 Å². The molecule has 0 saturated heterocycles. The highest BCUT2D eigenvalue weighted by Gasteiger charge is 2.05. The lowest BCUT2D eigenvalue weighted by molar-refractivity contribution is 0.413. The average Bonchev–Trinajstić information content (AvgIpc) is 2.16. The van der Waals surface area contributed by atoms with Crippen LogP contribution in [0.25, 0.3) is 0 Å². The molecule has 0 N–H and O–H groups in total. The number of methoxy groups -OCH3 is 1. The zero-order valence-electron chi connectivity index (χ0n) is 7.74. The van der Waals surface area contributed by atoms with Crippen LogP contribution in [0.4, 0.5) is 5.82 Å². The minimum atomic E-state index is 0.821. The van der Waals surface area contributed by atoms with Gasteiger partial charge in [-0.15, -0.1) is 0 Å². The van der Waals surface area contributed by atoms with Crippen molar-refractivity contribution in [3.8, 4) is 5.75 Å². The summed E-state index contributed by atoms with van der Waals surface area (Å²) in [6.07, 6.45) is 1.77. The summed E-state index contributed by atoms with van der Waals surface area (Å²) in [6, 6.07) is 3.78. The van der Waals surface area contributed by atoms with Crippen LogP contribution in [0.3, 0.4) is 0 Å². The Kier molecular flexibility index (Phi) is 2.91. The fourth-order valence-corrected chi connectivity index (χ4v) is 0.978. The van der Waals surface area contributed by atoms with Crippen molar-refractivity contribution in [2.45, 2.75) is 6.92 Å². The average molecular weight is 166 g/mol. The van der Waals surface area contributed by atoms with Crippen LogP contribution in [0.2, 0.25) is 0 Å². The first-order chi connectivity index (χ1) is 5.79. The first-order valence-corrected chi connectivity index (χ1v) is 3.99. The van der Waals surface area contributed by atoms with Gasteiger partial charge in [0.25, 0.3) is 0 Å². The summed E-state index contributed by atoms with van der Waals surface area (Å²) in [7, 11) is 3.65. The summed E-state index contributed by atoms with van der Waals surface area (Å²) in [6.45, 7) is 3.00. The highest BCUT2D eigenvalue weighted by molar-refractivity contribution is 5.51. The molecule has 0 saturated carbocycles. The highest BCUT2D eigenvalue weighted by Crippen LogP contribution is 2.22. The first-order valence-electron chi connectivity index (χ1n) is 3.99. The molecule has 0 radical (unpaired) electrons. The van der Waals surface area contributed by atoms with E-state index in [4.69, 9.17) is 4.74 Å². The highest BCUT2D eigenvalue weighted by atomic mass is 16.5. The van der Waals surface area contributed by atoms with E-state index in [0.29, 0.717) is 0 Å². The molecular weight excluding hydrogens is 152 g/mol. The van der Waals surface area contributed by atoms with Gasteiger partial charge in [-0.25, -0.2) is 4.98 Å². The van der Waals surface area contributed by atoms with Crippen molar-refractivity contribution in [2.75, 3.05) is 25.6 Å². The van der Waals surface area contributed by atoms with E-state index in [1.165, 1.54) is 0 Å². The van der Waals surface area contributed by atoms with Crippen molar-refractivity contribution in [1.82, 2.24) is 4.98 Å². The van der Waals surface area contributed by atoms with Crippen LogP contribution in [0.15, 0.2) is 18.3 Å². The van der Waals surface area contributed by atoms with Crippen molar-refractivity contribution in [3.05, 3.63) is 18.3 Å². The van der Waals surface area contributed by atoms with Gasteiger partial charge in [-0.3, -0.25) is 0 Å². The van der Waals surface area contributed by atoms with Crippen molar-refractivity contribution in [2.24, 2.45) is 0 Å². The summed E-state index contributed by atoms with van der Waals surface area (Å²) in [4.78, 5) is 6.26. The Morgan fingerprint density at radius 2 is 2.33 bits per heavy atom. The SMILES string of the molecule is CCN(C)c1ncccc1OC. The van der Waals surface area contributed by atoms with Crippen molar-refractivity contribution in [3.63, 3.8) is 0 Å². The molecule has 0 aliphatic carbocycles. The third-order valence-electron chi connectivity index (χ3n) is 1.81. The molecular formula is C9H14N2O. The number of pyridine rings is 1. The lowest BCUT2D eigenvalue weighted by Gasteiger charge is -2.17. The predicted molar refractivity (Wildman–Crippen MR) is 49.7 cm³/mol. The second-order valence-electron chi connectivity index (χ2n) is 2.54. The van der Waals surface area contributed by atoms with Gasteiger partial charge in [0.15, 0.2) is 11.6 Å². The van der Waals surface area contributed by atoms with Crippen LogP contribution in [0.5, 0.6) is 5.75 Å². The second kappa shape index (κ2) is 3.95. The molecule has 0 fully saturated rings. The van der Waals surface area contributed by atoms with E-state index in [2.05, 4.69) is 11.9 Å². The van der Waals surface area contributed by atoms with E-state index in [-0.39, 0.29) is 0 Å². The third kappa shape index (κ3) is 1.67. The van der Waals surface area contributed by atoms with Gasteiger partial charge in [-0.1, -0.05) is 0 Å². The lowest BCUT2D eigenvalue weighted by atomic mass is 10.4. The Balaban J connectivity index is 2.96. The molecule has 0 atom stereocenters. The molecule has 1 heterocycles. The van der Waals surface area contributed by atoms with E-state index >= 15 is 0 Å². The van der Waals surface area contributed by atoms with Crippen LogP contribution >= 0.6 is 0 Å². The number of ether oxygens (including phenoxy) is 1. The number of anilines is 1. The fraction of sp³-hybridized carbons (Fsp3) is 0.444. The Morgan fingerprint density at radius 1 is 1.58 bits per heavy atom. The van der Waals surface area contributed by atoms with Crippen molar-refractivity contribution < 1.29 is 4.74 Å². The van der Waals surface area contributed by atoms with E-state index in [0.717, 1.165) is 18.1 Å². The summed E-state index contributed by atoms with van der Waals surface area (Å²) < 4.78 is 5.16. The molecule has 0 unspecified atom stereocenters. The largest absolute Gasteiger partial charge is 0.493 e. The maximum atomic E-state index is 5.16. The quantitative estimate of drug-likeness (QED) is 0.681. The fourth-order valence-electron chi connectivity index (χ4n) is 0.978. The van der Waals surface area contributed by atoms with Crippen LogP contribution in [-0.4, -0.2) is 25.7 Å². The maximum absolute atomic E-state index is 5.16. The molecule has 0 spiro atoms. The van der Waals surface area contributed by atoms with Crippen LogP contribution in [-0.2, 0) is 0 Å². The maximum Gasteiger partial charge on any atom is 0.171 e. The first kappa shape index (κ1) is 8.84. The van der Waals surface area contributed by atoms with Crippen LogP contribution in [0.1, 0.15) is 6.92 Å². The smallest absolute Gasteiger partial charge is 0.171 e. The molecule has 0 aromatic carbocycles. The van der Waals surface area contributed by atoms with Gasteiger partial charge in [-0.05, 0) is 19.1 Å². The van der Waals surface area contributed by atoms with Gasteiger partial charge in [-0.2, -0.15) is 0 Å². The van der Waals surface area contributed by atoms with Crippen LogP contribution in [0, 0.1) is 0 Å². The minimum absolute atomic E-state index is 0.821. The number of hydrogen-bond donors (Lipinski definition) is 0. The molecule has 1 aromatic heterocycles. The van der Waals surface area contributed by atoms with Crippen molar-refractivity contribution >= 4 is 5.82 Å². The van der Waals surface area contributed by atoms with E-state index in [1.54, 1.807) is 13.3 Å². The molecule has 0 bridgehead atoms. The molecule has 12 heavy (non-hydrogen) atoms. The monoisotopic (exact) mass is 166 g/mol. The molecule has 3 heteroatoms. The molecule has 0 aliphatic rings. The van der Waals surface area contributed by atoms with E-state index < -0.39 is 0 Å². The standard InChI is InChI=1S/C9H14N2O/c1-4-11(2)9-8(12-3)6-5-7-10-9/h5-7H,4H2,1-3H3. The number of hydrogen-bond acceptors (Lipinski definition) is 3. The van der Waals surface area contributed by atoms with Gasteiger partial charge in [0.1, 0.15) is 0 Å². The van der Waals surface area contributed by atoms with Crippen LogP contribution < -0.4 is 9.64 Å². The van der Waals surface area contributed by atoms with Gasteiger partial charge < -0.3 is 9.64 Å². The summed E-state index contributed by atoms with van der Waals surface area (Å²) in [5.41, 5.74) is 0. The second-order valence-corrected chi connectivity index (χ2v) is 2.54. The molecule has 1 rings (SSSR count). The zero-order valence-corrected chi connectivity index (χ0v) is 7.74. The lowest BCUT2D eigenvalue weighted by Crippen LogP contribution is -2.17. The summed E-state index contributed by atoms with van der Waals surface area (Å²) in [5.74, 6) is 1.71. The number of aromatic nitrogens is 1. The molecule has 0 amide bonds. The number of nitrogens with zero attached hydrogens (tertiary/aromatic N) is 2. The Labute approximate surface area is 73.0 Å². The van der Waals surface area contributed by atoms with E-state index in [1.807, 2.05) is 24.1 Å². The molecule has 1 aromatic rings. The molecule has 0 aliphatic heterocycles. The van der Waals surface area contributed by atoms with Gasteiger partial charge in [0.05, 0.1) is 7.11 Å². The third-order valence-corrected chi connectivity index (χ3v) is 1.81. The normalized spacial score (nSPS) is 9.58. The minimum Gasteiger partial charge on any atom is -0.493 e. The van der Waals surface area contributed by atoms with Gasteiger partial charge >= 0.3 is 0 Å². The Hall–Kier alpha value is -1.25. The van der Waals surface area contributed by atoms with Crippen molar-refractivity contribution in [1.29, 1.82) is 0 Å². The summed E-state index contributed by atoms with van der Waals surface area (Å²) in [5, 5.41) is 0. The zero-order chi connectivity index (χ0) is 8.97. The predicted octanol–water partition coefficient (Wildman–Crippen LogP) is 1.55. The summed E-state index contributed by atoms with van der Waals surface area (Å²) >= 11 is 0. The molecule has 66 valence electrons. The van der Waals surface area contributed by atoms with Gasteiger partial charge in [0, 0.05) is 19.8 Å². The van der Waals surface area contributed by atoms with E-state index in [9.17, 15) is 0 Å². The molecule has 3 nitrogen and oxygen atoms in total. The Bertz CT molecular complexity index is 250.